The molecule has 0 atom stereocenters. The SMILES string of the molecule is CCc1cccc(C)c1NC(=O)N1CCCN(S(=O)(=O)N2CCCCC2)CC1. The highest BCUT2D eigenvalue weighted by Crippen LogP contribution is 2.22. The van der Waals surface area contributed by atoms with E-state index in [1.54, 1.807) is 13.5 Å². The fraction of sp³-hybridized carbons (Fsp3) is 0.650. The highest BCUT2D eigenvalue weighted by atomic mass is 32.2. The van der Waals surface area contributed by atoms with E-state index in [1.165, 1.54) is 0 Å². The Balaban J connectivity index is 1.64. The molecule has 0 bridgehead atoms. The first-order valence-electron chi connectivity index (χ1n) is 10.3. The number of benzene rings is 1. The zero-order valence-electron chi connectivity index (χ0n) is 17.0. The molecule has 2 heterocycles. The molecule has 2 fully saturated rings. The van der Waals surface area contributed by atoms with Crippen LogP contribution >= 0.6 is 0 Å². The monoisotopic (exact) mass is 408 g/mol. The summed E-state index contributed by atoms with van der Waals surface area (Å²) in [6.45, 7) is 7.06. The molecule has 1 aromatic rings. The van der Waals surface area contributed by atoms with Crippen LogP contribution in [-0.2, 0) is 16.6 Å². The van der Waals surface area contributed by atoms with Gasteiger partial charge in [-0.3, -0.25) is 0 Å². The van der Waals surface area contributed by atoms with Gasteiger partial charge in [0.05, 0.1) is 0 Å². The molecule has 1 aromatic carbocycles. The first-order valence-corrected chi connectivity index (χ1v) is 11.7. The van der Waals surface area contributed by atoms with E-state index in [0.717, 1.165) is 42.5 Å². The minimum absolute atomic E-state index is 0.152. The number of rotatable bonds is 4. The standard InChI is InChI=1S/C20H32N4O3S/c1-3-18-10-7-9-17(2)19(18)21-20(25)22-11-8-14-24(16-15-22)28(26,27)23-12-5-4-6-13-23/h7,9-10H,3-6,8,11-16H2,1-2H3,(H,21,25). The van der Waals surface area contributed by atoms with Crippen LogP contribution in [0.3, 0.4) is 0 Å². The van der Waals surface area contributed by atoms with Crippen LogP contribution in [0.25, 0.3) is 0 Å². The second-order valence-corrected chi connectivity index (χ2v) is 9.53. The lowest BCUT2D eigenvalue weighted by Crippen LogP contribution is -2.47. The molecule has 156 valence electrons. The summed E-state index contributed by atoms with van der Waals surface area (Å²) in [6.07, 6.45) is 4.45. The van der Waals surface area contributed by atoms with Crippen molar-refractivity contribution in [3.05, 3.63) is 29.3 Å². The maximum absolute atomic E-state index is 12.9. The van der Waals surface area contributed by atoms with Gasteiger partial charge in [-0.1, -0.05) is 31.5 Å². The fourth-order valence-electron chi connectivity index (χ4n) is 3.97. The molecule has 2 aliphatic rings. The summed E-state index contributed by atoms with van der Waals surface area (Å²) in [5.41, 5.74) is 3.02. The molecule has 2 aliphatic heterocycles. The van der Waals surface area contributed by atoms with Crippen LogP contribution < -0.4 is 5.32 Å². The van der Waals surface area contributed by atoms with E-state index in [4.69, 9.17) is 0 Å². The topological polar surface area (TPSA) is 73.0 Å². The lowest BCUT2D eigenvalue weighted by molar-refractivity contribution is 0.214. The molecule has 2 amide bonds. The van der Waals surface area contributed by atoms with Crippen molar-refractivity contribution in [3.8, 4) is 0 Å². The number of nitrogens with one attached hydrogen (secondary N) is 1. The Morgan fingerprint density at radius 3 is 2.36 bits per heavy atom. The van der Waals surface area contributed by atoms with Crippen molar-refractivity contribution < 1.29 is 13.2 Å². The molecule has 3 rings (SSSR count). The molecule has 7 nitrogen and oxygen atoms in total. The Labute approximate surface area is 168 Å². The van der Waals surface area contributed by atoms with Gasteiger partial charge in [-0.2, -0.15) is 17.0 Å². The Hall–Kier alpha value is -1.64. The number of hydrogen-bond donors (Lipinski definition) is 1. The van der Waals surface area contributed by atoms with Gasteiger partial charge in [0.15, 0.2) is 0 Å². The predicted molar refractivity (Wildman–Crippen MR) is 112 cm³/mol. The number of urea groups is 1. The maximum atomic E-state index is 12.9. The Morgan fingerprint density at radius 1 is 0.964 bits per heavy atom. The predicted octanol–water partition coefficient (Wildman–Crippen LogP) is 2.83. The second kappa shape index (κ2) is 9.24. The Morgan fingerprint density at radius 2 is 1.64 bits per heavy atom. The minimum atomic E-state index is -3.43. The van der Waals surface area contributed by atoms with Crippen LogP contribution in [0.4, 0.5) is 10.5 Å². The molecule has 0 aromatic heterocycles. The largest absolute Gasteiger partial charge is 0.323 e. The third kappa shape index (κ3) is 4.67. The number of carbonyl (C=O) groups excluding carboxylic acids is 1. The molecule has 8 heteroatoms. The van der Waals surface area contributed by atoms with E-state index in [2.05, 4.69) is 12.2 Å². The van der Waals surface area contributed by atoms with Gasteiger partial charge in [0.2, 0.25) is 0 Å². The average molecular weight is 409 g/mol. The van der Waals surface area contributed by atoms with E-state index in [1.807, 2.05) is 25.1 Å². The smallest absolute Gasteiger partial charge is 0.321 e. The van der Waals surface area contributed by atoms with Gasteiger partial charge >= 0.3 is 6.03 Å². The van der Waals surface area contributed by atoms with E-state index < -0.39 is 10.2 Å². The van der Waals surface area contributed by atoms with Crippen LogP contribution in [-0.4, -0.2) is 67.2 Å². The minimum Gasteiger partial charge on any atom is -0.323 e. The van der Waals surface area contributed by atoms with Gasteiger partial charge in [-0.05, 0) is 43.7 Å². The molecule has 0 spiro atoms. The maximum Gasteiger partial charge on any atom is 0.321 e. The summed E-state index contributed by atoms with van der Waals surface area (Å²) in [6, 6.07) is 5.86. The van der Waals surface area contributed by atoms with Gasteiger partial charge in [0, 0.05) is 45.0 Å². The first kappa shape index (κ1) is 21.1. The van der Waals surface area contributed by atoms with Crippen molar-refractivity contribution in [2.45, 2.75) is 46.0 Å². The zero-order chi connectivity index (χ0) is 20.1. The van der Waals surface area contributed by atoms with Crippen LogP contribution in [0.1, 0.15) is 43.7 Å². The lowest BCUT2D eigenvalue weighted by Gasteiger charge is -2.31. The molecule has 0 aliphatic carbocycles. The summed E-state index contributed by atoms with van der Waals surface area (Å²) in [7, 11) is -3.43. The summed E-state index contributed by atoms with van der Waals surface area (Å²) in [5.74, 6) is 0. The Kier molecular flexibility index (Phi) is 6.95. The van der Waals surface area contributed by atoms with Gasteiger partial charge < -0.3 is 10.2 Å². The van der Waals surface area contributed by atoms with Crippen LogP contribution in [0.15, 0.2) is 18.2 Å². The van der Waals surface area contributed by atoms with Crippen molar-refractivity contribution in [1.29, 1.82) is 0 Å². The van der Waals surface area contributed by atoms with Gasteiger partial charge in [0.1, 0.15) is 0 Å². The van der Waals surface area contributed by atoms with Crippen molar-refractivity contribution in [2.75, 3.05) is 44.6 Å². The van der Waals surface area contributed by atoms with Crippen LogP contribution in [0.5, 0.6) is 0 Å². The van der Waals surface area contributed by atoms with Crippen molar-refractivity contribution in [2.24, 2.45) is 0 Å². The average Bonchev–Trinajstić information content (AvgIpc) is 2.97. The number of hydrogen-bond acceptors (Lipinski definition) is 3. The molecular formula is C20H32N4O3S. The number of piperidine rings is 1. The van der Waals surface area contributed by atoms with Gasteiger partial charge in [-0.25, -0.2) is 4.79 Å². The van der Waals surface area contributed by atoms with Crippen LogP contribution in [0, 0.1) is 6.92 Å². The number of anilines is 1. The highest BCUT2D eigenvalue weighted by molar-refractivity contribution is 7.86. The summed E-state index contributed by atoms with van der Waals surface area (Å²) >= 11 is 0. The lowest BCUT2D eigenvalue weighted by atomic mass is 10.1. The molecule has 2 saturated heterocycles. The molecular weight excluding hydrogens is 376 g/mol. The highest BCUT2D eigenvalue weighted by Gasteiger charge is 2.32. The Bertz CT molecular complexity index is 791. The summed E-state index contributed by atoms with van der Waals surface area (Å²) < 4.78 is 29.0. The zero-order valence-corrected chi connectivity index (χ0v) is 17.8. The molecule has 0 radical (unpaired) electrons. The number of aryl methyl sites for hydroxylation is 2. The summed E-state index contributed by atoms with van der Waals surface area (Å²) in [5, 5.41) is 3.05. The molecule has 28 heavy (non-hydrogen) atoms. The van der Waals surface area contributed by atoms with E-state index in [9.17, 15) is 13.2 Å². The van der Waals surface area contributed by atoms with Crippen molar-refractivity contribution >= 4 is 21.9 Å². The van der Waals surface area contributed by atoms with E-state index in [0.29, 0.717) is 45.7 Å². The van der Waals surface area contributed by atoms with E-state index in [-0.39, 0.29) is 6.03 Å². The van der Waals surface area contributed by atoms with E-state index >= 15 is 0 Å². The fourth-order valence-corrected chi connectivity index (χ4v) is 5.69. The van der Waals surface area contributed by atoms with Gasteiger partial charge in [-0.15, -0.1) is 0 Å². The normalized spacial score (nSPS) is 20.0. The summed E-state index contributed by atoms with van der Waals surface area (Å²) in [4.78, 5) is 14.6. The molecule has 0 saturated carbocycles. The van der Waals surface area contributed by atoms with Crippen LogP contribution in [0.2, 0.25) is 0 Å². The van der Waals surface area contributed by atoms with Crippen molar-refractivity contribution in [1.82, 2.24) is 13.5 Å². The molecule has 0 unspecified atom stereocenters. The number of para-hydroxylation sites is 1. The number of nitrogens with zero attached hydrogens (tertiary/aromatic N) is 3. The first-order chi connectivity index (χ1) is 13.4. The van der Waals surface area contributed by atoms with Crippen molar-refractivity contribution in [3.63, 3.8) is 0 Å². The molecule has 1 N–H and O–H groups in total. The number of amides is 2. The second-order valence-electron chi connectivity index (χ2n) is 7.60. The third-order valence-electron chi connectivity index (χ3n) is 5.68. The third-order valence-corrected chi connectivity index (χ3v) is 7.72. The number of carbonyl (C=O) groups is 1. The quantitative estimate of drug-likeness (QED) is 0.833. The van der Waals surface area contributed by atoms with Gasteiger partial charge in [0.25, 0.3) is 10.2 Å².